The number of imidazole rings is 1. The highest BCUT2D eigenvalue weighted by Gasteiger charge is 2.37. The summed E-state index contributed by atoms with van der Waals surface area (Å²) in [6.45, 7) is 2.60. The normalized spacial score (nSPS) is 21.0. The van der Waals surface area contributed by atoms with Gasteiger partial charge in [0, 0.05) is 25.1 Å². The van der Waals surface area contributed by atoms with Crippen LogP contribution in [0.3, 0.4) is 0 Å². The van der Waals surface area contributed by atoms with Gasteiger partial charge in [-0.2, -0.15) is 4.98 Å². The lowest BCUT2D eigenvalue weighted by Crippen LogP contribution is -2.51. The molecule has 0 radical (unpaired) electrons. The van der Waals surface area contributed by atoms with Crippen LogP contribution in [0, 0.1) is 6.92 Å². The quantitative estimate of drug-likeness (QED) is 0.770. The van der Waals surface area contributed by atoms with Crippen LogP contribution in [0.15, 0.2) is 35.2 Å². The van der Waals surface area contributed by atoms with Gasteiger partial charge >= 0.3 is 0 Å². The van der Waals surface area contributed by atoms with Crippen LogP contribution in [0.2, 0.25) is 0 Å². The number of pyridine rings is 1. The zero-order valence-electron chi connectivity index (χ0n) is 13.9. The number of piperidine rings is 1. The van der Waals surface area contributed by atoms with Crippen LogP contribution in [0.25, 0.3) is 5.65 Å². The number of hydrogen-bond donors (Lipinski definition) is 1. The molecule has 1 aliphatic rings. The monoisotopic (exact) mass is 341 g/mol. The van der Waals surface area contributed by atoms with Crippen molar-refractivity contribution < 1.29 is 14.4 Å². The number of carbonyl (C=O) groups excluding carboxylic acids is 1. The molecule has 4 heterocycles. The van der Waals surface area contributed by atoms with Gasteiger partial charge in [-0.3, -0.25) is 4.79 Å². The fourth-order valence-corrected chi connectivity index (χ4v) is 3.35. The molecule has 130 valence electrons. The highest BCUT2D eigenvalue weighted by molar-refractivity contribution is 5.94. The van der Waals surface area contributed by atoms with Crippen molar-refractivity contribution in [3.05, 3.63) is 48.0 Å². The molecule has 0 bridgehead atoms. The van der Waals surface area contributed by atoms with Gasteiger partial charge in [-0.05, 0) is 31.9 Å². The van der Waals surface area contributed by atoms with Crippen LogP contribution < -0.4 is 0 Å². The lowest BCUT2D eigenvalue weighted by Gasteiger charge is -2.38. The molecule has 8 nitrogen and oxygen atoms in total. The number of carbonyl (C=O) groups is 1. The lowest BCUT2D eigenvalue weighted by molar-refractivity contribution is -0.0286. The zero-order chi connectivity index (χ0) is 17.4. The smallest absolute Gasteiger partial charge is 0.255 e. The molecule has 0 spiro atoms. The molecule has 8 heteroatoms. The van der Waals surface area contributed by atoms with Gasteiger partial charge in [0.05, 0.1) is 24.1 Å². The molecule has 1 fully saturated rings. The summed E-state index contributed by atoms with van der Waals surface area (Å²) in [5, 5.41) is 14.7. The first-order chi connectivity index (χ1) is 12.0. The van der Waals surface area contributed by atoms with Gasteiger partial charge in [0.15, 0.2) is 5.82 Å². The van der Waals surface area contributed by atoms with Crippen LogP contribution in [0.1, 0.15) is 34.9 Å². The van der Waals surface area contributed by atoms with Gasteiger partial charge in [0.1, 0.15) is 5.65 Å². The van der Waals surface area contributed by atoms with E-state index in [1.54, 1.807) is 36.5 Å². The summed E-state index contributed by atoms with van der Waals surface area (Å²) in [5.74, 6) is 0.834. The van der Waals surface area contributed by atoms with Crippen LogP contribution in [0.5, 0.6) is 0 Å². The Morgan fingerprint density at radius 1 is 1.44 bits per heavy atom. The number of amides is 1. The van der Waals surface area contributed by atoms with Crippen LogP contribution in [0.4, 0.5) is 0 Å². The van der Waals surface area contributed by atoms with Crippen molar-refractivity contribution in [2.24, 2.45) is 0 Å². The Morgan fingerprint density at radius 2 is 2.32 bits per heavy atom. The minimum Gasteiger partial charge on any atom is -0.388 e. The number of aromatic nitrogens is 4. The Balaban J connectivity index is 1.52. The molecule has 1 unspecified atom stereocenters. The molecule has 3 aromatic heterocycles. The molecule has 3 aromatic rings. The number of fused-ring (bicyclic) bond motifs is 1. The van der Waals surface area contributed by atoms with E-state index in [9.17, 15) is 9.90 Å². The molecule has 0 aromatic carbocycles. The van der Waals surface area contributed by atoms with Crippen molar-refractivity contribution in [1.29, 1.82) is 0 Å². The first-order valence-corrected chi connectivity index (χ1v) is 8.26. The fourth-order valence-electron chi connectivity index (χ4n) is 3.35. The second-order valence-electron chi connectivity index (χ2n) is 6.58. The standard InChI is InChI=1S/C17H19N5O3/c1-12-19-15(25-20-12)9-17(24)5-2-7-22(11-17)16(23)13-3-4-14-18-6-8-21(14)10-13/h3-4,6,8,10,24H,2,5,7,9,11H2,1H3. The highest BCUT2D eigenvalue weighted by Crippen LogP contribution is 2.26. The number of nitrogens with zero attached hydrogens (tertiary/aromatic N) is 5. The SMILES string of the molecule is Cc1noc(CC2(O)CCCN(C(=O)c3ccc4nccn4c3)C2)n1. The van der Waals surface area contributed by atoms with E-state index < -0.39 is 5.60 Å². The van der Waals surface area contributed by atoms with E-state index >= 15 is 0 Å². The van der Waals surface area contributed by atoms with Crippen LogP contribution in [-0.2, 0) is 6.42 Å². The van der Waals surface area contributed by atoms with E-state index in [0.717, 1.165) is 12.1 Å². The van der Waals surface area contributed by atoms with Gasteiger partial charge in [-0.25, -0.2) is 4.98 Å². The van der Waals surface area contributed by atoms with Gasteiger partial charge in [-0.1, -0.05) is 5.16 Å². The van der Waals surface area contributed by atoms with Gasteiger partial charge in [0.25, 0.3) is 5.91 Å². The molecular formula is C17H19N5O3. The lowest BCUT2D eigenvalue weighted by atomic mass is 9.89. The van der Waals surface area contributed by atoms with Gasteiger partial charge in [0.2, 0.25) is 5.89 Å². The summed E-state index contributed by atoms with van der Waals surface area (Å²) in [5.41, 5.74) is 0.313. The summed E-state index contributed by atoms with van der Waals surface area (Å²) >= 11 is 0. The average Bonchev–Trinajstić information content (AvgIpc) is 3.21. The third-order valence-corrected chi connectivity index (χ3v) is 4.53. The Hall–Kier alpha value is -2.74. The minimum absolute atomic E-state index is 0.101. The second-order valence-corrected chi connectivity index (χ2v) is 6.58. The third kappa shape index (κ3) is 3.12. The summed E-state index contributed by atoms with van der Waals surface area (Å²) in [7, 11) is 0. The number of aliphatic hydroxyl groups is 1. The van der Waals surface area contributed by atoms with E-state index in [-0.39, 0.29) is 18.9 Å². The second kappa shape index (κ2) is 5.96. The predicted molar refractivity (Wildman–Crippen MR) is 88.0 cm³/mol. The minimum atomic E-state index is -1.05. The molecular weight excluding hydrogens is 322 g/mol. The first kappa shape index (κ1) is 15.8. The molecule has 1 amide bonds. The fraction of sp³-hybridized carbons (Fsp3) is 0.412. The summed E-state index contributed by atoms with van der Waals surface area (Å²) in [4.78, 5) is 22.9. The Bertz CT molecular complexity index is 918. The maximum absolute atomic E-state index is 12.8. The molecule has 25 heavy (non-hydrogen) atoms. The van der Waals surface area contributed by atoms with Crippen molar-refractivity contribution in [1.82, 2.24) is 24.4 Å². The number of hydrogen-bond acceptors (Lipinski definition) is 6. The maximum atomic E-state index is 12.8. The summed E-state index contributed by atoms with van der Waals surface area (Å²) in [6, 6.07) is 3.57. The van der Waals surface area contributed by atoms with E-state index in [1.165, 1.54) is 0 Å². The summed E-state index contributed by atoms with van der Waals surface area (Å²) < 4.78 is 6.93. The van der Waals surface area contributed by atoms with Crippen molar-refractivity contribution in [2.75, 3.05) is 13.1 Å². The molecule has 1 saturated heterocycles. The molecule has 1 aliphatic heterocycles. The van der Waals surface area contributed by atoms with E-state index in [1.807, 2.05) is 10.5 Å². The van der Waals surface area contributed by atoms with E-state index in [4.69, 9.17) is 4.52 Å². The topological polar surface area (TPSA) is 96.8 Å². The van der Waals surface area contributed by atoms with Crippen molar-refractivity contribution in [3.8, 4) is 0 Å². The molecule has 0 aliphatic carbocycles. The number of β-amino-alcohol motifs (C(OH)–C–C–N with tert-alkyl or cyclic N) is 1. The van der Waals surface area contributed by atoms with E-state index in [0.29, 0.717) is 30.2 Å². The summed E-state index contributed by atoms with van der Waals surface area (Å²) in [6.07, 6.45) is 6.82. The van der Waals surface area contributed by atoms with Crippen LogP contribution >= 0.6 is 0 Å². The third-order valence-electron chi connectivity index (χ3n) is 4.53. The molecule has 1 N–H and O–H groups in total. The van der Waals surface area contributed by atoms with Crippen molar-refractivity contribution in [3.63, 3.8) is 0 Å². The van der Waals surface area contributed by atoms with Gasteiger partial charge < -0.3 is 18.9 Å². The maximum Gasteiger partial charge on any atom is 0.255 e. The Labute approximate surface area is 144 Å². The van der Waals surface area contributed by atoms with E-state index in [2.05, 4.69) is 15.1 Å². The highest BCUT2D eigenvalue weighted by atomic mass is 16.5. The zero-order valence-corrected chi connectivity index (χ0v) is 13.9. The van der Waals surface area contributed by atoms with Crippen molar-refractivity contribution in [2.45, 2.75) is 31.8 Å². The Kier molecular flexibility index (Phi) is 3.76. The number of aryl methyl sites for hydroxylation is 1. The van der Waals surface area contributed by atoms with Gasteiger partial charge in [-0.15, -0.1) is 0 Å². The number of likely N-dealkylation sites (tertiary alicyclic amines) is 1. The number of rotatable bonds is 3. The molecule has 1 atom stereocenters. The Morgan fingerprint density at radius 3 is 3.12 bits per heavy atom. The van der Waals surface area contributed by atoms with Crippen molar-refractivity contribution >= 4 is 11.6 Å². The largest absolute Gasteiger partial charge is 0.388 e. The predicted octanol–water partition coefficient (Wildman–Crippen LogP) is 1.24. The molecule has 0 saturated carbocycles. The molecule has 4 rings (SSSR count). The van der Waals surface area contributed by atoms with Crippen LogP contribution in [-0.4, -0.2) is 54.1 Å². The first-order valence-electron chi connectivity index (χ1n) is 8.26. The average molecular weight is 341 g/mol.